The first-order valence-electron chi connectivity index (χ1n) is 3.95. The third kappa shape index (κ3) is 4.77. The molecule has 12 heavy (non-hydrogen) atoms. The molecule has 0 saturated heterocycles. The zero-order chi connectivity index (χ0) is 9.56. The highest BCUT2D eigenvalue weighted by molar-refractivity contribution is 7.99. The van der Waals surface area contributed by atoms with Crippen molar-refractivity contribution in [3.8, 4) is 0 Å². The molecule has 0 heterocycles. The standard InChI is InChI=1S/C8H18N2OS/c1-6(5-11)3-4-7(9)8(10)12-2/h3-4,6-8,11H,5,9-10H2,1-2H3. The van der Waals surface area contributed by atoms with Gasteiger partial charge in [0.2, 0.25) is 0 Å². The summed E-state index contributed by atoms with van der Waals surface area (Å²) < 4.78 is 0. The Hall–Kier alpha value is -0.0300. The summed E-state index contributed by atoms with van der Waals surface area (Å²) in [4.78, 5) is 0. The van der Waals surface area contributed by atoms with Crippen LogP contribution in [0.2, 0.25) is 0 Å². The number of nitrogens with two attached hydrogens (primary N) is 2. The smallest absolute Gasteiger partial charge is 0.0694 e. The molecule has 0 amide bonds. The molecule has 0 aliphatic carbocycles. The Balaban J connectivity index is 3.81. The van der Waals surface area contributed by atoms with Gasteiger partial charge in [-0.2, -0.15) is 0 Å². The summed E-state index contributed by atoms with van der Waals surface area (Å²) in [6.07, 6.45) is 5.66. The fourth-order valence-corrected chi connectivity index (χ4v) is 1.05. The number of aliphatic hydroxyl groups is 1. The molecular weight excluding hydrogens is 172 g/mol. The second-order valence-electron chi connectivity index (χ2n) is 2.82. The minimum absolute atomic E-state index is 0.0628. The van der Waals surface area contributed by atoms with Crippen LogP contribution < -0.4 is 11.5 Å². The molecule has 0 fully saturated rings. The first-order chi connectivity index (χ1) is 5.61. The van der Waals surface area contributed by atoms with Crippen molar-refractivity contribution in [2.24, 2.45) is 17.4 Å². The van der Waals surface area contributed by atoms with Crippen LogP contribution in [0.4, 0.5) is 0 Å². The van der Waals surface area contributed by atoms with E-state index in [1.54, 1.807) is 0 Å². The monoisotopic (exact) mass is 190 g/mol. The zero-order valence-corrected chi connectivity index (χ0v) is 8.42. The molecule has 0 aliphatic heterocycles. The van der Waals surface area contributed by atoms with E-state index in [-0.39, 0.29) is 23.9 Å². The van der Waals surface area contributed by atoms with Gasteiger partial charge < -0.3 is 16.6 Å². The van der Waals surface area contributed by atoms with Crippen LogP contribution in [-0.4, -0.2) is 29.4 Å². The molecule has 0 aromatic carbocycles. The van der Waals surface area contributed by atoms with Gasteiger partial charge in [-0.15, -0.1) is 11.8 Å². The second kappa shape index (κ2) is 6.48. The van der Waals surface area contributed by atoms with Crippen molar-refractivity contribution >= 4 is 11.8 Å². The van der Waals surface area contributed by atoms with Gasteiger partial charge in [0.25, 0.3) is 0 Å². The molecule has 3 nitrogen and oxygen atoms in total. The predicted octanol–water partition coefficient (Wildman–Crippen LogP) is 0.146. The van der Waals surface area contributed by atoms with Crippen molar-refractivity contribution in [1.82, 2.24) is 0 Å². The highest BCUT2D eigenvalue weighted by atomic mass is 32.2. The summed E-state index contributed by atoms with van der Waals surface area (Å²) in [7, 11) is 0. The van der Waals surface area contributed by atoms with Crippen LogP contribution in [0.15, 0.2) is 12.2 Å². The van der Waals surface area contributed by atoms with Crippen LogP contribution in [0.5, 0.6) is 0 Å². The maximum absolute atomic E-state index is 8.71. The first-order valence-corrected chi connectivity index (χ1v) is 5.23. The van der Waals surface area contributed by atoms with E-state index >= 15 is 0 Å². The van der Waals surface area contributed by atoms with Crippen molar-refractivity contribution in [2.45, 2.75) is 18.3 Å². The van der Waals surface area contributed by atoms with Crippen LogP contribution >= 0.6 is 11.8 Å². The van der Waals surface area contributed by atoms with Gasteiger partial charge in [0.05, 0.1) is 5.37 Å². The molecule has 0 rings (SSSR count). The van der Waals surface area contributed by atoms with Crippen molar-refractivity contribution in [2.75, 3.05) is 12.9 Å². The van der Waals surface area contributed by atoms with E-state index < -0.39 is 0 Å². The lowest BCUT2D eigenvalue weighted by Gasteiger charge is -2.13. The molecule has 0 radical (unpaired) electrons. The molecular formula is C8H18N2OS. The average Bonchev–Trinajstić information content (AvgIpc) is 2.11. The van der Waals surface area contributed by atoms with E-state index in [2.05, 4.69) is 0 Å². The van der Waals surface area contributed by atoms with Crippen LogP contribution in [-0.2, 0) is 0 Å². The zero-order valence-electron chi connectivity index (χ0n) is 7.60. The summed E-state index contributed by atoms with van der Waals surface area (Å²) in [5, 5.41) is 8.65. The lowest BCUT2D eigenvalue weighted by Crippen LogP contribution is -2.37. The molecule has 0 saturated carbocycles. The summed E-state index contributed by atoms with van der Waals surface area (Å²) in [5.41, 5.74) is 11.4. The summed E-state index contributed by atoms with van der Waals surface area (Å²) in [6, 6.07) is -0.131. The molecule has 0 spiro atoms. The number of rotatable bonds is 5. The number of hydrogen-bond donors (Lipinski definition) is 3. The van der Waals surface area contributed by atoms with Gasteiger partial charge in [0, 0.05) is 12.6 Å². The van der Waals surface area contributed by atoms with Crippen molar-refractivity contribution < 1.29 is 5.11 Å². The van der Waals surface area contributed by atoms with Gasteiger partial charge in [-0.3, -0.25) is 0 Å². The van der Waals surface area contributed by atoms with E-state index in [0.29, 0.717) is 0 Å². The number of aliphatic hydroxyl groups excluding tert-OH is 1. The fourth-order valence-electron chi connectivity index (χ4n) is 0.645. The van der Waals surface area contributed by atoms with Gasteiger partial charge >= 0.3 is 0 Å². The highest BCUT2D eigenvalue weighted by Crippen LogP contribution is 2.05. The fraction of sp³-hybridized carbons (Fsp3) is 0.750. The predicted molar refractivity (Wildman–Crippen MR) is 54.9 cm³/mol. The summed E-state index contributed by atoms with van der Waals surface area (Å²) >= 11 is 1.53. The third-order valence-corrected chi connectivity index (χ3v) is 2.46. The molecule has 3 unspecified atom stereocenters. The molecule has 4 heteroatoms. The highest BCUT2D eigenvalue weighted by Gasteiger charge is 2.07. The number of hydrogen-bond acceptors (Lipinski definition) is 4. The molecule has 0 aromatic heterocycles. The Morgan fingerprint density at radius 3 is 2.42 bits per heavy atom. The van der Waals surface area contributed by atoms with Gasteiger partial charge in [0.15, 0.2) is 0 Å². The lowest BCUT2D eigenvalue weighted by molar-refractivity contribution is 0.261. The van der Waals surface area contributed by atoms with E-state index in [1.807, 2.05) is 25.3 Å². The van der Waals surface area contributed by atoms with E-state index in [4.69, 9.17) is 16.6 Å². The van der Waals surface area contributed by atoms with Gasteiger partial charge in [-0.25, -0.2) is 0 Å². The topological polar surface area (TPSA) is 72.3 Å². The van der Waals surface area contributed by atoms with Crippen molar-refractivity contribution in [1.29, 1.82) is 0 Å². The molecule has 0 bridgehead atoms. The quantitative estimate of drug-likeness (QED) is 0.426. The summed E-state index contributed by atoms with van der Waals surface area (Å²) in [6.45, 7) is 2.07. The average molecular weight is 190 g/mol. The Morgan fingerprint density at radius 1 is 1.42 bits per heavy atom. The Kier molecular flexibility index (Phi) is 6.47. The van der Waals surface area contributed by atoms with Gasteiger partial charge in [-0.05, 0) is 12.2 Å². The minimum Gasteiger partial charge on any atom is -0.396 e. The molecule has 0 aromatic rings. The van der Waals surface area contributed by atoms with Crippen LogP contribution in [0.3, 0.4) is 0 Å². The SMILES string of the molecule is CSC(N)C(N)C=CC(C)CO. The van der Waals surface area contributed by atoms with E-state index in [1.165, 1.54) is 11.8 Å². The normalized spacial score (nSPS) is 19.4. The maximum atomic E-state index is 8.71. The largest absolute Gasteiger partial charge is 0.396 e. The molecule has 72 valence electrons. The molecule has 5 N–H and O–H groups in total. The van der Waals surface area contributed by atoms with Crippen LogP contribution in [0.1, 0.15) is 6.92 Å². The van der Waals surface area contributed by atoms with Crippen LogP contribution in [0.25, 0.3) is 0 Å². The Labute approximate surface area is 78.2 Å². The van der Waals surface area contributed by atoms with Crippen molar-refractivity contribution in [3.63, 3.8) is 0 Å². The third-order valence-electron chi connectivity index (χ3n) is 1.60. The molecule has 3 atom stereocenters. The van der Waals surface area contributed by atoms with Crippen LogP contribution in [0, 0.1) is 5.92 Å². The van der Waals surface area contributed by atoms with Gasteiger partial charge in [-0.1, -0.05) is 19.1 Å². The second-order valence-corrected chi connectivity index (χ2v) is 3.84. The minimum atomic E-state index is -0.131. The Bertz CT molecular complexity index is 141. The van der Waals surface area contributed by atoms with Crippen molar-refractivity contribution in [3.05, 3.63) is 12.2 Å². The Morgan fingerprint density at radius 2 is 2.00 bits per heavy atom. The number of thioether (sulfide) groups is 1. The lowest BCUT2D eigenvalue weighted by atomic mass is 10.1. The first kappa shape index (κ1) is 12.0. The van der Waals surface area contributed by atoms with E-state index in [9.17, 15) is 0 Å². The summed E-state index contributed by atoms with van der Waals surface area (Å²) in [5.74, 6) is 0.158. The molecule has 0 aliphatic rings. The van der Waals surface area contributed by atoms with E-state index in [0.717, 1.165) is 0 Å². The van der Waals surface area contributed by atoms with Gasteiger partial charge in [0.1, 0.15) is 0 Å². The maximum Gasteiger partial charge on any atom is 0.0694 e.